The predicted octanol–water partition coefficient (Wildman–Crippen LogP) is 2.68. The highest BCUT2D eigenvalue weighted by molar-refractivity contribution is 5.97. The Morgan fingerprint density at radius 3 is 2.77 bits per heavy atom. The van der Waals surface area contributed by atoms with Crippen LogP contribution in [0.25, 0.3) is 0 Å². The van der Waals surface area contributed by atoms with Crippen molar-refractivity contribution in [2.75, 3.05) is 0 Å². The molecule has 1 rings (SSSR count). The Labute approximate surface area is 78.2 Å². The first-order chi connectivity index (χ1) is 6.15. The van der Waals surface area contributed by atoms with Gasteiger partial charge >= 0.3 is 0 Å². The number of hydrogen-bond donors (Lipinski definition) is 1. The summed E-state index contributed by atoms with van der Waals surface area (Å²) in [6.07, 6.45) is 1.39. The molecule has 0 heterocycles. The maximum absolute atomic E-state index is 11.5. The van der Waals surface area contributed by atoms with Crippen LogP contribution in [0.3, 0.4) is 0 Å². The van der Waals surface area contributed by atoms with Gasteiger partial charge in [-0.15, -0.1) is 0 Å². The van der Waals surface area contributed by atoms with E-state index in [2.05, 4.69) is 0 Å². The van der Waals surface area contributed by atoms with Gasteiger partial charge in [0.25, 0.3) is 0 Å². The molecule has 0 amide bonds. The molecule has 0 aliphatic carbocycles. The molecule has 2 nitrogen and oxygen atoms in total. The van der Waals surface area contributed by atoms with Crippen LogP contribution in [0.4, 0.5) is 0 Å². The van der Waals surface area contributed by atoms with Crippen LogP contribution in [0, 0.1) is 6.92 Å². The summed E-state index contributed by atoms with van der Waals surface area (Å²) in [5.74, 6) is 0.265. The van der Waals surface area contributed by atoms with Gasteiger partial charge < -0.3 is 5.11 Å². The Balaban J connectivity index is 2.99. The Bertz CT molecular complexity index is 316. The van der Waals surface area contributed by atoms with Crippen LogP contribution in [0.2, 0.25) is 0 Å². The summed E-state index contributed by atoms with van der Waals surface area (Å²) in [7, 11) is 0. The third-order valence-electron chi connectivity index (χ3n) is 2.00. The Hall–Kier alpha value is -1.31. The van der Waals surface area contributed by atoms with Crippen molar-refractivity contribution in [2.24, 2.45) is 0 Å². The molecule has 0 fully saturated rings. The fourth-order valence-corrected chi connectivity index (χ4v) is 1.27. The maximum atomic E-state index is 11.5. The molecule has 1 N–H and O–H groups in total. The molecular weight excluding hydrogens is 164 g/mol. The van der Waals surface area contributed by atoms with Crippen molar-refractivity contribution in [3.63, 3.8) is 0 Å². The maximum Gasteiger partial charge on any atom is 0.163 e. The second-order valence-electron chi connectivity index (χ2n) is 3.17. The number of aryl methyl sites for hydroxylation is 1. The van der Waals surface area contributed by atoms with Gasteiger partial charge in [0, 0.05) is 12.0 Å². The minimum absolute atomic E-state index is 0.107. The van der Waals surface area contributed by atoms with Gasteiger partial charge in [-0.25, -0.2) is 0 Å². The largest absolute Gasteiger partial charge is 0.508 e. The minimum atomic E-state index is 0.107. The van der Waals surface area contributed by atoms with Crippen LogP contribution in [0.5, 0.6) is 5.75 Å². The molecule has 0 saturated carbocycles. The number of Topliss-reactive ketones (excluding diaryl/α,β-unsaturated/α-hetero) is 1. The number of phenols is 1. The van der Waals surface area contributed by atoms with E-state index in [1.165, 1.54) is 6.07 Å². The number of carbonyl (C=O) groups is 1. The molecule has 0 unspecified atom stereocenters. The van der Waals surface area contributed by atoms with Gasteiger partial charge in [-0.2, -0.15) is 0 Å². The summed E-state index contributed by atoms with van der Waals surface area (Å²) in [6, 6.07) is 4.89. The molecule has 0 spiro atoms. The van der Waals surface area contributed by atoms with Crippen molar-refractivity contribution in [3.05, 3.63) is 29.3 Å². The first-order valence-electron chi connectivity index (χ1n) is 4.48. The van der Waals surface area contributed by atoms with Crippen LogP contribution >= 0.6 is 0 Å². The van der Waals surface area contributed by atoms with Crippen LogP contribution in [-0.2, 0) is 0 Å². The van der Waals surface area contributed by atoms with E-state index >= 15 is 0 Å². The van der Waals surface area contributed by atoms with Crippen LogP contribution in [-0.4, -0.2) is 10.9 Å². The second-order valence-corrected chi connectivity index (χ2v) is 3.17. The topological polar surface area (TPSA) is 37.3 Å². The zero-order valence-electron chi connectivity index (χ0n) is 8.00. The van der Waals surface area contributed by atoms with Gasteiger partial charge in [0.1, 0.15) is 5.75 Å². The average Bonchev–Trinajstić information content (AvgIpc) is 2.09. The van der Waals surface area contributed by atoms with Gasteiger partial charge in [-0.3, -0.25) is 4.79 Å². The highest BCUT2D eigenvalue weighted by Crippen LogP contribution is 2.17. The van der Waals surface area contributed by atoms with E-state index in [4.69, 9.17) is 0 Å². The van der Waals surface area contributed by atoms with Crippen molar-refractivity contribution in [1.82, 2.24) is 0 Å². The lowest BCUT2D eigenvalue weighted by atomic mass is 10.0. The number of aromatic hydroxyl groups is 1. The van der Waals surface area contributed by atoms with Gasteiger partial charge in [0.2, 0.25) is 0 Å². The van der Waals surface area contributed by atoms with Gasteiger partial charge in [-0.05, 0) is 31.0 Å². The Kier molecular flexibility index (Phi) is 3.07. The van der Waals surface area contributed by atoms with Crippen molar-refractivity contribution in [3.8, 4) is 5.75 Å². The number of phenolic OH excluding ortho intramolecular Hbond substituents is 1. The first kappa shape index (κ1) is 9.78. The monoisotopic (exact) mass is 178 g/mol. The average molecular weight is 178 g/mol. The smallest absolute Gasteiger partial charge is 0.163 e. The van der Waals surface area contributed by atoms with Crippen molar-refractivity contribution in [2.45, 2.75) is 26.7 Å². The van der Waals surface area contributed by atoms with E-state index in [0.29, 0.717) is 12.0 Å². The zero-order valence-corrected chi connectivity index (χ0v) is 8.00. The molecule has 13 heavy (non-hydrogen) atoms. The number of rotatable bonds is 3. The summed E-state index contributed by atoms with van der Waals surface area (Å²) in [5.41, 5.74) is 1.57. The van der Waals surface area contributed by atoms with Gasteiger partial charge in [-0.1, -0.05) is 13.0 Å². The lowest BCUT2D eigenvalue weighted by Crippen LogP contribution is -2.00. The number of ketones is 1. The molecule has 1 aromatic carbocycles. The molecule has 0 aliphatic heterocycles. The van der Waals surface area contributed by atoms with Crippen molar-refractivity contribution >= 4 is 5.78 Å². The summed E-state index contributed by atoms with van der Waals surface area (Å²) < 4.78 is 0. The summed E-state index contributed by atoms with van der Waals surface area (Å²) in [5, 5.41) is 9.20. The van der Waals surface area contributed by atoms with Crippen molar-refractivity contribution < 1.29 is 9.90 Å². The molecule has 0 radical (unpaired) electrons. The first-order valence-corrected chi connectivity index (χ1v) is 4.48. The summed E-state index contributed by atoms with van der Waals surface area (Å²) in [4.78, 5) is 11.5. The van der Waals surface area contributed by atoms with Crippen LogP contribution in [0.15, 0.2) is 18.2 Å². The highest BCUT2D eigenvalue weighted by Gasteiger charge is 2.08. The molecule has 2 heteroatoms. The SMILES string of the molecule is CCCC(=O)c1cc(O)ccc1C. The minimum Gasteiger partial charge on any atom is -0.508 e. The predicted molar refractivity (Wildman–Crippen MR) is 52.1 cm³/mol. The lowest BCUT2D eigenvalue weighted by molar-refractivity contribution is 0.0981. The molecule has 1 aromatic rings. The highest BCUT2D eigenvalue weighted by atomic mass is 16.3. The lowest BCUT2D eigenvalue weighted by Gasteiger charge is -2.03. The van der Waals surface area contributed by atoms with E-state index in [-0.39, 0.29) is 11.5 Å². The van der Waals surface area contributed by atoms with Crippen molar-refractivity contribution in [1.29, 1.82) is 0 Å². The number of benzene rings is 1. The Morgan fingerprint density at radius 2 is 2.15 bits per heavy atom. The van der Waals surface area contributed by atoms with E-state index < -0.39 is 0 Å². The number of carbonyl (C=O) groups excluding carboxylic acids is 1. The van der Waals surface area contributed by atoms with E-state index in [1.54, 1.807) is 12.1 Å². The standard InChI is InChI=1S/C11H14O2/c1-3-4-11(13)10-7-9(12)6-5-8(10)2/h5-7,12H,3-4H2,1-2H3. The van der Waals surface area contributed by atoms with E-state index in [0.717, 1.165) is 12.0 Å². The van der Waals surface area contributed by atoms with E-state index in [1.807, 2.05) is 13.8 Å². The van der Waals surface area contributed by atoms with E-state index in [9.17, 15) is 9.90 Å². The van der Waals surface area contributed by atoms with Crippen LogP contribution < -0.4 is 0 Å². The fourth-order valence-electron chi connectivity index (χ4n) is 1.27. The molecule has 70 valence electrons. The third-order valence-corrected chi connectivity index (χ3v) is 2.00. The molecule has 0 saturated heterocycles. The Morgan fingerprint density at radius 1 is 1.46 bits per heavy atom. The molecule has 0 bridgehead atoms. The van der Waals surface area contributed by atoms with Gasteiger partial charge in [0.05, 0.1) is 0 Å². The third kappa shape index (κ3) is 2.31. The second kappa shape index (κ2) is 4.08. The molecule has 0 atom stereocenters. The summed E-state index contributed by atoms with van der Waals surface area (Å²) >= 11 is 0. The number of hydrogen-bond acceptors (Lipinski definition) is 2. The molecule has 0 aromatic heterocycles. The summed E-state index contributed by atoms with van der Waals surface area (Å²) in [6.45, 7) is 3.85. The van der Waals surface area contributed by atoms with Gasteiger partial charge in [0.15, 0.2) is 5.78 Å². The molecular formula is C11H14O2. The quantitative estimate of drug-likeness (QED) is 0.722. The zero-order chi connectivity index (χ0) is 9.84. The van der Waals surface area contributed by atoms with Crippen LogP contribution in [0.1, 0.15) is 35.7 Å². The fraction of sp³-hybridized carbons (Fsp3) is 0.364. The molecule has 0 aliphatic rings. The normalized spacial score (nSPS) is 10.0.